The first-order chi connectivity index (χ1) is 9.22. The zero-order chi connectivity index (χ0) is 13.2. The molecule has 0 radical (unpaired) electrons. The molecule has 2 nitrogen and oxygen atoms in total. The Morgan fingerprint density at radius 3 is 2.89 bits per heavy atom. The summed E-state index contributed by atoms with van der Waals surface area (Å²) in [5.74, 6) is 0. The van der Waals surface area contributed by atoms with Crippen molar-refractivity contribution >= 4 is 28.2 Å². The number of hydrogen-bond acceptors (Lipinski definition) is 1. The highest BCUT2D eigenvalue weighted by Gasteiger charge is 2.04. The van der Waals surface area contributed by atoms with Crippen LogP contribution in [0.25, 0.3) is 10.9 Å². The van der Waals surface area contributed by atoms with Crippen LogP contribution in [0.1, 0.15) is 11.1 Å². The maximum absolute atomic E-state index is 5.98. The highest BCUT2D eigenvalue weighted by molar-refractivity contribution is 6.31. The van der Waals surface area contributed by atoms with Gasteiger partial charge in [-0.15, -0.1) is 0 Å². The molecule has 0 spiro atoms. The fourth-order valence-electron chi connectivity index (χ4n) is 2.26. The minimum absolute atomic E-state index is 0.757. The van der Waals surface area contributed by atoms with E-state index < -0.39 is 0 Å². The molecule has 19 heavy (non-hydrogen) atoms. The van der Waals surface area contributed by atoms with Crippen LogP contribution in [-0.2, 0) is 6.54 Å². The van der Waals surface area contributed by atoms with Crippen molar-refractivity contribution in [2.45, 2.75) is 13.5 Å². The second-order valence-electron chi connectivity index (χ2n) is 4.73. The molecule has 0 aliphatic carbocycles. The number of hydrogen-bond donors (Lipinski definition) is 2. The quantitative estimate of drug-likeness (QED) is 0.707. The topological polar surface area (TPSA) is 27.8 Å². The van der Waals surface area contributed by atoms with Crippen molar-refractivity contribution in [3.63, 3.8) is 0 Å². The van der Waals surface area contributed by atoms with E-state index >= 15 is 0 Å². The third kappa shape index (κ3) is 2.59. The summed E-state index contributed by atoms with van der Waals surface area (Å²) >= 11 is 5.98. The first-order valence-corrected chi connectivity index (χ1v) is 6.66. The van der Waals surface area contributed by atoms with Crippen molar-refractivity contribution in [1.29, 1.82) is 0 Å². The Kier molecular flexibility index (Phi) is 3.18. The molecule has 0 saturated carbocycles. The number of anilines is 1. The van der Waals surface area contributed by atoms with Gasteiger partial charge in [-0.25, -0.2) is 0 Å². The average Bonchev–Trinajstić information content (AvgIpc) is 2.78. The van der Waals surface area contributed by atoms with Gasteiger partial charge in [-0.1, -0.05) is 29.8 Å². The highest BCUT2D eigenvalue weighted by Crippen LogP contribution is 2.23. The number of H-pyrrole nitrogens is 1. The number of benzene rings is 2. The Morgan fingerprint density at radius 2 is 2.05 bits per heavy atom. The van der Waals surface area contributed by atoms with Gasteiger partial charge >= 0.3 is 0 Å². The van der Waals surface area contributed by atoms with E-state index in [1.54, 1.807) is 0 Å². The lowest BCUT2D eigenvalue weighted by Crippen LogP contribution is -1.98. The van der Waals surface area contributed by atoms with Crippen LogP contribution in [0, 0.1) is 6.92 Å². The summed E-state index contributed by atoms with van der Waals surface area (Å²) in [7, 11) is 0. The first-order valence-electron chi connectivity index (χ1n) is 6.28. The summed E-state index contributed by atoms with van der Waals surface area (Å²) in [5.41, 5.74) is 4.72. The summed E-state index contributed by atoms with van der Waals surface area (Å²) < 4.78 is 0. The summed E-state index contributed by atoms with van der Waals surface area (Å²) in [6.07, 6.45) is 2.03. The molecule has 0 atom stereocenters. The molecule has 3 rings (SSSR count). The maximum atomic E-state index is 5.98. The van der Waals surface area contributed by atoms with Gasteiger partial charge in [0.1, 0.15) is 0 Å². The lowest BCUT2D eigenvalue weighted by Gasteiger charge is -2.06. The molecule has 1 aromatic heterocycles. The second-order valence-corrected chi connectivity index (χ2v) is 5.16. The predicted octanol–water partition coefficient (Wildman–Crippen LogP) is 4.74. The van der Waals surface area contributed by atoms with E-state index in [0.29, 0.717) is 0 Å². The van der Waals surface area contributed by atoms with Gasteiger partial charge in [0.15, 0.2) is 0 Å². The van der Waals surface area contributed by atoms with Gasteiger partial charge in [-0.05, 0) is 42.3 Å². The van der Waals surface area contributed by atoms with Gasteiger partial charge in [-0.3, -0.25) is 0 Å². The van der Waals surface area contributed by atoms with Crippen molar-refractivity contribution in [3.8, 4) is 0 Å². The van der Waals surface area contributed by atoms with Crippen LogP contribution in [-0.4, -0.2) is 4.98 Å². The molecule has 3 aromatic rings. The molecule has 0 aliphatic heterocycles. The van der Waals surface area contributed by atoms with Gasteiger partial charge in [0.25, 0.3) is 0 Å². The van der Waals surface area contributed by atoms with Crippen LogP contribution in [0.15, 0.2) is 48.7 Å². The normalized spacial score (nSPS) is 10.8. The lowest BCUT2D eigenvalue weighted by atomic mass is 10.1. The molecule has 0 amide bonds. The Hall–Kier alpha value is -1.93. The number of rotatable bonds is 3. The Morgan fingerprint density at radius 1 is 1.16 bits per heavy atom. The van der Waals surface area contributed by atoms with Crippen LogP contribution >= 0.6 is 11.6 Å². The van der Waals surface area contributed by atoms with Gasteiger partial charge in [0, 0.05) is 34.4 Å². The van der Waals surface area contributed by atoms with Crippen LogP contribution in [0.3, 0.4) is 0 Å². The molecule has 0 unspecified atom stereocenters. The van der Waals surface area contributed by atoms with Crippen molar-refractivity contribution in [3.05, 3.63) is 64.8 Å². The molecule has 2 N–H and O–H groups in total. The van der Waals surface area contributed by atoms with E-state index in [1.165, 1.54) is 16.5 Å². The standard InChI is InChI=1S/C16H15ClN2/c1-11-3-2-4-14(7-11)18-9-12-10-19-16-8-13(17)5-6-15(12)16/h2-8,10,18-19H,9H2,1H3. The van der Waals surface area contributed by atoms with Crippen molar-refractivity contribution < 1.29 is 0 Å². The first kappa shape index (κ1) is 12.1. The molecular weight excluding hydrogens is 256 g/mol. The van der Waals surface area contributed by atoms with Gasteiger partial charge < -0.3 is 10.3 Å². The van der Waals surface area contributed by atoms with E-state index in [-0.39, 0.29) is 0 Å². The highest BCUT2D eigenvalue weighted by atomic mass is 35.5. The molecule has 0 fully saturated rings. The SMILES string of the molecule is Cc1cccc(NCc2c[nH]c3cc(Cl)ccc23)c1. The van der Waals surface area contributed by atoms with E-state index in [9.17, 15) is 0 Å². The monoisotopic (exact) mass is 270 g/mol. The van der Waals surface area contributed by atoms with Crippen LogP contribution in [0.4, 0.5) is 5.69 Å². The fraction of sp³-hybridized carbons (Fsp3) is 0.125. The van der Waals surface area contributed by atoms with Crippen molar-refractivity contribution in [2.24, 2.45) is 0 Å². The Bertz CT molecular complexity index is 716. The van der Waals surface area contributed by atoms with E-state index in [1.807, 2.05) is 18.3 Å². The molecule has 0 saturated heterocycles. The minimum atomic E-state index is 0.757. The minimum Gasteiger partial charge on any atom is -0.381 e. The number of nitrogens with one attached hydrogen (secondary N) is 2. The van der Waals surface area contributed by atoms with Gasteiger partial charge in [-0.2, -0.15) is 0 Å². The average molecular weight is 271 g/mol. The lowest BCUT2D eigenvalue weighted by molar-refractivity contribution is 1.16. The summed E-state index contributed by atoms with van der Waals surface area (Å²) in [6.45, 7) is 2.89. The van der Waals surface area contributed by atoms with Crippen molar-refractivity contribution in [2.75, 3.05) is 5.32 Å². The molecule has 96 valence electrons. The zero-order valence-corrected chi connectivity index (χ0v) is 11.5. The van der Waals surface area contributed by atoms with E-state index in [4.69, 9.17) is 11.6 Å². The smallest absolute Gasteiger partial charge is 0.0472 e. The summed E-state index contributed by atoms with van der Waals surface area (Å²) in [4.78, 5) is 3.25. The molecule has 2 aromatic carbocycles. The molecular formula is C16H15ClN2. The number of aromatic nitrogens is 1. The number of halogens is 1. The largest absolute Gasteiger partial charge is 0.381 e. The number of aromatic amines is 1. The number of fused-ring (bicyclic) bond motifs is 1. The van der Waals surface area contributed by atoms with Gasteiger partial charge in [0.05, 0.1) is 0 Å². The third-order valence-electron chi connectivity index (χ3n) is 3.23. The van der Waals surface area contributed by atoms with Crippen LogP contribution in [0.5, 0.6) is 0 Å². The van der Waals surface area contributed by atoms with E-state index in [2.05, 4.69) is 47.6 Å². The predicted molar refractivity (Wildman–Crippen MR) is 81.8 cm³/mol. The van der Waals surface area contributed by atoms with Crippen LogP contribution in [0.2, 0.25) is 5.02 Å². The third-order valence-corrected chi connectivity index (χ3v) is 3.47. The molecule has 0 aliphatic rings. The maximum Gasteiger partial charge on any atom is 0.0472 e. The fourth-order valence-corrected chi connectivity index (χ4v) is 2.43. The summed E-state index contributed by atoms with van der Waals surface area (Å²) in [6, 6.07) is 14.3. The molecule has 0 bridgehead atoms. The van der Waals surface area contributed by atoms with Crippen molar-refractivity contribution in [1.82, 2.24) is 4.98 Å². The molecule has 1 heterocycles. The number of aryl methyl sites for hydroxylation is 1. The Balaban J connectivity index is 1.82. The van der Waals surface area contributed by atoms with Crippen LogP contribution < -0.4 is 5.32 Å². The Labute approximate surface area is 117 Å². The van der Waals surface area contributed by atoms with E-state index in [0.717, 1.165) is 22.8 Å². The zero-order valence-electron chi connectivity index (χ0n) is 10.7. The molecule has 3 heteroatoms. The second kappa shape index (κ2) is 4.98. The van der Waals surface area contributed by atoms with Gasteiger partial charge in [0.2, 0.25) is 0 Å². The summed E-state index contributed by atoms with van der Waals surface area (Å²) in [5, 5.41) is 5.41.